The largest absolute Gasteiger partial charge is 0.341 e. The van der Waals surface area contributed by atoms with Crippen LogP contribution < -0.4 is 16.0 Å². The molecule has 0 aliphatic carbocycles. The van der Waals surface area contributed by atoms with Crippen molar-refractivity contribution in [1.82, 2.24) is 10.3 Å². The molecule has 3 amide bonds. The van der Waals surface area contributed by atoms with Crippen LogP contribution in [-0.4, -0.2) is 24.0 Å². The zero-order chi connectivity index (χ0) is 19.8. The van der Waals surface area contributed by atoms with Crippen molar-refractivity contribution in [2.24, 2.45) is 0 Å². The molecule has 0 bridgehead atoms. The Labute approximate surface area is 163 Å². The van der Waals surface area contributed by atoms with Crippen LogP contribution in [0.4, 0.5) is 16.2 Å². The third-order valence-electron chi connectivity index (χ3n) is 3.75. The number of benzene rings is 2. The molecule has 1 heterocycles. The SMILES string of the molecule is CNC(=O)Nc1ccc(C(=O)Nc2cccc(C#Cc3ccccn3)c2)cc1. The minimum Gasteiger partial charge on any atom is -0.341 e. The first-order chi connectivity index (χ1) is 13.6. The maximum absolute atomic E-state index is 12.4. The van der Waals surface area contributed by atoms with Crippen molar-refractivity contribution in [3.05, 3.63) is 89.7 Å². The Hall–Kier alpha value is -4.11. The third kappa shape index (κ3) is 5.19. The lowest BCUT2D eigenvalue weighted by Crippen LogP contribution is -2.24. The lowest BCUT2D eigenvalue weighted by molar-refractivity contribution is 0.102. The number of urea groups is 1. The fourth-order valence-electron chi connectivity index (χ4n) is 2.35. The first kappa shape index (κ1) is 18.7. The van der Waals surface area contributed by atoms with Gasteiger partial charge in [0.25, 0.3) is 5.91 Å². The summed E-state index contributed by atoms with van der Waals surface area (Å²) in [5.41, 5.74) is 3.18. The molecule has 0 aliphatic rings. The molecular formula is C22H18N4O2. The van der Waals surface area contributed by atoms with Crippen molar-refractivity contribution in [2.75, 3.05) is 17.7 Å². The number of nitrogens with one attached hydrogen (secondary N) is 3. The van der Waals surface area contributed by atoms with E-state index in [4.69, 9.17) is 0 Å². The maximum Gasteiger partial charge on any atom is 0.318 e. The number of rotatable bonds is 3. The fourth-order valence-corrected chi connectivity index (χ4v) is 2.35. The molecule has 3 N–H and O–H groups in total. The summed E-state index contributed by atoms with van der Waals surface area (Å²) in [5, 5.41) is 7.95. The molecule has 2 aromatic carbocycles. The van der Waals surface area contributed by atoms with E-state index in [1.807, 2.05) is 30.3 Å². The quantitative estimate of drug-likeness (QED) is 0.617. The van der Waals surface area contributed by atoms with Gasteiger partial charge in [-0.15, -0.1) is 0 Å². The summed E-state index contributed by atoms with van der Waals surface area (Å²) in [6.45, 7) is 0. The Bertz CT molecular complexity index is 1040. The lowest BCUT2D eigenvalue weighted by atomic mass is 10.1. The smallest absolute Gasteiger partial charge is 0.318 e. The van der Waals surface area contributed by atoms with Gasteiger partial charge in [0.05, 0.1) is 0 Å². The Kier molecular flexibility index (Phi) is 6.01. The summed E-state index contributed by atoms with van der Waals surface area (Å²) in [6.07, 6.45) is 1.69. The average molecular weight is 370 g/mol. The molecule has 0 aliphatic heterocycles. The summed E-state index contributed by atoms with van der Waals surface area (Å²) in [6, 6.07) is 19.1. The number of anilines is 2. The first-order valence-corrected chi connectivity index (χ1v) is 8.57. The zero-order valence-corrected chi connectivity index (χ0v) is 15.2. The van der Waals surface area contributed by atoms with Crippen LogP contribution >= 0.6 is 0 Å². The second kappa shape index (κ2) is 9.01. The van der Waals surface area contributed by atoms with Crippen LogP contribution in [0.1, 0.15) is 21.6 Å². The van der Waals surface area contributed by atoms with Crippen molar-refractivity contribution in [3.63, 3.8) is 0 Å². The normalized spacial score (nSPS) is 9.61. The van der Waals surface area contributed by atoms with Crippen LogP contribution in [0.3, 0.4) is 0 Å². The molecule has 3 rings (SSSR count). The maximum atomic E-state index is 12.4. The van der Waals surface area contributed by atoms with Crippen molar-refractivity contribution in [3.8, 4) is 11.8 Å². The predicted molar refractivity (Wildman–Crippen MR) is 109 cm³/mol. The first-order valence-electron chi connectivity index (χ1n) is 8.57. The minimum absolute atomic E-state index is 0.249. The molecule has 28 heavy (non-hydrogen) atoms. The monoisotopic (exact) mass is 370 g/mol. The highest BCUT2D eigenvalue weighted by Crippen LogP contribution is 2.14. The van der Waals surface area contributed by atoms with Crippen molar-refractivity contribution in [2.45, 2.75) is 0 Å². The molecule has 0 atom stereocenters. The number of amides is 3. The molecule has 0 fully saturated rings. The Morgan fingerprint density at radius 1 is 0.857 bits per heavy atom. The average Bonchev–Trinajstić information content (AvgIpc) is 2.73. The van der Waals surface area contributed by atoms with Gasteiger partial charge in [-0.3, -0.25) is 4.79 Å². The van der Waals surface area contributed by atoms with E-state index >= 15 is 0 Å². The van der Waals surface area contributed by atoms with Crippen LogP contribution in [0.2, 0.25) is 0 Å². The van der Waals surface area contributed by atoms with E-state index in [2.05, 4.69) is 32.8 Å². The van der Waals surface area contributed by atoms with Gasteiger partial charge in [0.15, 0.2) is 0 Å². The summed E-state index contributed by atoms with van der Waals surface area (Å²) in [4.78, 5) is 27.9. The highest BCUT2D eigenvalue weighted by molar-refractivity contribution is 6.04. The van der Waals surface area contributed by atoms with E-state index < -0.39 is 0 Å². The van der Waals surface area contributed by atoms with Crippen molar-refractivity contribution >= 4 is 23.3 Å². The number of carbonyl (C=O) groups is 2. The second-order valence-electron chi connectivity index (χ2n) is 5.78. The Morgan fingerprint density at radius 3 is 2.39 bits per heavy atom. The van der Waals surface area contributed by atoms with Crippen LogP contribution in [0.25, 0.3) is 0 Å². The Morgan fingerprint density at radius 2 is 1.68 bits per heavy atom. The van der Waals surface area contributed by atoms with Gasteiger partial charge in [-0.25, -0.2) is 9.78 Å². The van der Waals surface area contributed by atoms with Gasteiger partial charge in [-0.1, -0.05) is 18.1 Å². The number of aromatic nitrogens is 1. The highest BCUT2D eigenvalue weighted by Gasteiger charge is 2.07. The van der Waals surface area contributed by atoms with Gasteiger partial charge in [0.2, 0.25) is 0 Å². The molecule has 6 heteroatoms. The van der Waals surface area contributed by atoms with E-state index in [9.17, 15) is 9.59 Å². The summed E-state index contributed by atoms with van der Waals surface area (Å²) in [5.74, 6) is 5.77. The number of hydrogen-bond donors (Lipinski definition) is 3. The van der Waals surface area contributed by atoms with E-state index in [1.54, 1.807) is 42.6 Å². The fraction of sp³-hybridized carbons (Fsp3) is 0.0455. The summed E-state index contributed by atoms with van der Waals surface area (Å²) in [7, 11) is 1.53. The molecule has 0 radical (unpaired) electrons. The highest BCUT2D eigenvalue weighted by atomic mass is 16.2. The number of nitrogens with zero attached hydrogens (tertiary/aromatic N) is 1. The lowest BCUT2D eigenvalue weighted by Gasteiger charge is -2.07. The van der Waals surface area contributed by atoms with Gasteiger partial charge >= 0.3 is 6.03 Å². The van der Waals surface area contributed by atoms with E-state index in [-0.39, 0.29) is 11.9 Å². The number of pyridine rings is 1. The molecule has 0 saturated carbocycles. The second-order valence-corrected chi connectivity index (χ2v) is 5.78. The van der Waals surface area contributed by atoms with Gasteiger partial charge in [-0.05, 0) is 60.5 Å². The number of hydrogen-bond acceptors (Lipinski definition) is 3. The summed E-state index contributed by atoms with van der Waals surface area (Å²) >= 11 is 0. The van der Waals surface area contributed by atoms with E-state index in [0.717, 1.165) is 5.56 Å². The topological polar surface area (TPSA) is 83.1 Å². The molecule has 6 nitrogen and oxygen atoms in total. The van der Waals surface area contributed by atoms with E-state index in [0.29, 0.717) is 22.6 Å². The van der Waals surface area contributed by atoms with Crippen LogP contribution in [0.5, 0.6) is 0 Å². The molecule has 0 unspecified atom stereocenters. The van der Waals surface area contributed by atoms with Gasteiger partial charge in [0.1, 0.15) is 5.69 Å². The molecule has 138 valence electrons. The Balaban J connectivity index is 1.67. The number of carbonyl (C=O) groups excluding carboxylic acids is 2. The van der Waals surface area contributed by atoms with Crippen LogP contribution in [-0.2, 0) is 0 Å². The molecule has 1 aromatic heterocycles. The van der Waals surface area contributed by atoms with Crippen molar-refractivity contribution < 1.29 is 9.59 Å². The van der Waals surface area contributed by atoms with Gasteiger partial charge in [0, 0.05) is 35.7 Å². The van der Waals surface area contributed by atoms with Crippen LogP contribution in [0, 0.1) is 11.8 Å². The minimum atomic E-state index is -0.319. The summed E-state index contributed by atoms with van der Waals surface area (Å²) < 4.78 is 0. The van der Waals surface area contributed by atoms with E-state index in [1.165, 1.54) is 7.05 Å². The molecular weight excluding hydrogens is 352 g/mol. The molecule has 3 aromatic rings. The van der Waals surface area contributed by atoms with Gasteiger partial charge < -0.3 is 16.0 Å². The molecule has 0 spiro atoms. The zero-order valence-electron chi connectivity index (χ0n) is 15.2. The predicted octanol–water partition coefficient (Wildman–Crippen LogP) is 3.49. The third-order valence-corrected chi connectivity index (χ3v) is 3.75. The van der Waals surface area contributed by atoms with Gasteiger partial charge in [-0.2, -0.15) is 0 Å². The molecule has 0 saturated heterocycles. The van der Waals surface area contributed by atoms with Crippen LogP contribution in [0.15, 0.2) is 72.9 Å². The van der Waals surface area contributed by atoms with Crippen molar-refractivity contribution in [1.29, 1.82) is 0 Å². The standard InChI is InChI=1S/C22H18N4O2/c1-23-22(28)26-19-12-9-17(10-13-19)21(27)25-20-7-4-5-16(15-20)8-11-18-6-2-3-14-24-18/h2-7,9-10,12-15H,1H3,(H,25,27)(H2,23,26,28).